The molecule has 1 aromatic heterocycles. The van der Waals surface area contributed by atoms with Crippen LogP contribution in [0.5, 0.6) is 5.75 Å². The van der Waals surface area contributed by atoms with E-state index in [0.29, 0.717) is 5.75 Å². The van der Waals surface area contributed by atoms with Gasteiger partial charge in [0.15, 0.2) is 0 Å². The molecule has 0 saturated heterocycles. The van der Waals surface area contributed by atoms with Crippen LogP contribution in [0, 0.1) is 11.8 Å². The van der Waals surface area contributed by atoms with Crippen molar-refractivity contribution in [1.82, 2.24) is 9.97 Å². The lowest BCUT2D eigenvalue weighted by Gasteiger charge is -2.27. The minimum absolute atomic E-state index is 0.0495. The molecule has 0 unspecified atom stereocenters. The van der Waals surface area contributed by atoms with Crippen molar-refractivity contribution >= 4 is 5.97 Å². The van der Waals surface area contributed by atoms with Crippen molar-refractivity contribution in [3.63, 3.8) is 0 Å². The largest absolute Gasteiger partial charge is 0.426 e. The first-order valence-corrected chi connectivity index (χ1v) is 11.8. The number of carbonyl (C=O) groups excluding carboxylic acids is 1. The van der Waals surface area contributed by atoms with Gasteiger partial charge in [-0.2, -0.15) is 0 Å². The van der Waals surface area contributed by atoms with Gasteiger partial charge in [0, 0.05) is 11.8 Å². The molecule has 4 nitrogen and oxygen atoms in total. The zero-order valence-electron chi connectivity index (χ0n) is 18.6. The van der Waals surface area contributed by atoms with Crippen LogP contribution >= 0.6 is 0 Å². The second-order valence-corrected chi connectivity index (χ2v) is 8.61. The third kappa shape index (κ3) is 6.65. The summed E-state index contributed by atoms with van der Waals surface area (Å²) in [7, 11) is 0. The predicted molar refractivity (Wildman–Crippen MR) is 121 cm³/mol. The second-order valence-electron chi connectivity index (χ2n) is 8.61. The molecule has 0 N–H and O–H groups in total. The summed E-state index contributed by atoms with van der Waals surface area (Å²) in [5.74, 6) is 1.39. The second kappa shape index (κ2) is 11.8. The van der Waals surface area contributed by atoms with Gasteiger partial charge >= 0.3 is 5.97 Å². The van der Waals surface area contributed by atoms with Crippen molar-refractivity contribution in [1.29, 1.82) is 0 Å². The van der Waals surface area contributed by atoms with Crippen LogP contribution in [0.2, 0.25) is 0 Å². The SMILES string of the molecule is CCCCCCCC1CCC(C(=O)Oc2ccc(-c3cnc(CC)cn3)cc2)CC1. The highest BCUT2D eigenvalue weighted by atomic mass is 16.5. The molecule has 1 aliphatic carbocycles. The van der Waals surface area contributed by atoms with E-state index in [2.05, 4.69) is 23.8 Å². The fourth-order valence-electron chi connectivity index (χ4n) is 4.30. The molecule has 0 bridgehead atoms. The van der Waals surface area contributed by atoms with Crippen LogP contribution in [0.4, 0.5) is 0 Å². The molecule has 2 aromatic rings. The molecule has 0 radical (unpaired) electrons. The molecule has 1 aliphatic rings. The number of esters is 1. The first kappa shape index (κ1) is 22.5. The first-order chi connectivity index (χ1) is 14.7. The zero-order chi connectivity index (χ0) is 21.2. The Hall–Kier alpha value is -2.23. The molecule has 1 fully saturated rings. The fraction of sp³-hybridized carbons (Fsp3) is 0.577. The number of aryl methyl sites for hydroxylation is 1. The summed E-state index contributed by atoms with van der Waals surface area (Å²) in [4.78, 5) is 21.4. The van der Waals surface area contributed by atoms with E-state index >= 15 is 0 Å². The molecular weight excluding hydrogens is 372 g/mol. The highest BCUT2D eigenvalue weighted by Crippen LogP contribution is 2.33. The lowest BCUT2D eigenvalue weighted by Crippen LogP contribution is -2.25. The molecular formula is C26H36N2O2. The normalized spacial score (nSPS) is 18.9. The van der Waals surface area contributed by atoms with Gasteiger partial charge in [0.25, 0.3) is 0 Å². The number of rotatable bonds is 10. The minimum atomic E-state index is -0.0729. The van der Waals surface area contributed by atoms with Crippen LogP contribution in [0.1, 0.15) is 83.7 Å². The Morgan fingerprint density at radius 1 is 0.933 bits per heavy atom. The molecule has 4 heteroatoms. The Bertz CT molecular complexity index is 763. The maximum absolute atomic E-state index is 12.6. The molecule has 0 atom stereocenters. The monoisotopic (exact) mass is 408 g/mol. The minimum Gasteiger partial charge on any atom is -0.426 e. The summed E-state index contributed by atoms with van der Waals surface area (Å²) in [5, 5.41) is 0. The average molecular weight is 409 g/mol. The Labute approximate surface area is 181 Å². The fourth-order valence-corrected chi connectivity index (χ4v) is 4.30. The van der Waals surface area contributed by atoms with Crippen LogP contribution in [-0.4, -0.2) is 15.9 Å². The number of ether oxygens (including phenoxy) is 1. The molecule has 0 amide bonds. The van der Waals surface area contributed by atoms with Crippen LogP contribution in [-0.2, 0) is 11.2 Å². The summed E-state index contributed by atoms with van der Waals surface area (Å²) in [6.45, 7) is 4.32. The highest BCUT2D eigenvalue weighted by Gasteiger charge is 2.27. The molecule has 1 heterocycles. The van der Waals surface area contributed by atoms with Crippen LogP contribution in [0.25, 0.3) is 11.3 Å². The topological polar surface area (TPSA) is 52.1 Å². The number of unbranched alkanes of at least 4 members (excludes halogenated alkanes) is 4. The summed E-state index contributed by atoms with van der Waals surface area (Å²) in [5.41, 5.74) is 2.79. The van der Waals surface area contributed by atoms with E-state index in [1.807, 2.05) is 30.5 Å². The Morgan fingerprint density at radius 3 is 2.30 bits per heavy atom. The van der Waals surface area contributed by atoms with E-state index in [0.717, 1.165) is 42.1 Å². The average Bonchev–Trinajstić information content (AvgIpc) is 2.80. The first-order valence-electron chi connectivity index (χ1n) is 11.8. The zero-order valence-corrected chi connectivity index (χ0v) is 18.6. The van der Waals surface area contributed by atoms with Crippen molar-refractivity contribution in [2.45, 2.75) is 84.5 Å². The number of aromatic nitrogens is 2. The summed E-state index contributed by atoms with van der Waals surface area (Å²) in [6, 6.07) is 7.58. The van der Waals surface area contributed by atoms with E-state index < -0.39 is 0 Å². The van der Waals surface area contributed by atoms with Crippen LogP contribution in [0.15, 0.2) is 36.7 Å². The third-order valence-electron chi connectivity index (χ3n) is 6.33. The van der Waals surface area contributed by atoms with Crippen molar-refractivity contribution in [2.75, 3.05) is 0 Å². The molecule has 1 saturated carbocycles. The molecule has 0 spiro atoms. The number of benzene rings is 1. The van der Waals surface area contributed by atoms with Crippen molar-refractivity contribution < 1.29 is 9.53 Å². The predicted octanol–water partition coefficient (Wildman–Crippen LogP) is 6.78. The molecule has 162 valence electrons. The van der Waals surface area contributed by atoms with Gasteiger partial charge in [-0.05, 0) is 62.3 Å². The molecule has 1 aromatic carbocycles. The van der Waals surface area contributed by atoms with E-state index in [9.17, 15) is 4.79 Å². The number of carbonyl (C=O) groups is 1. The van der Waals surface area contributed by atoms with Gasteiger partial charge in [0.05, 0.1) is 23.5 Å². The van der Waals surface area contributed by atoms with E-state index in [1.165, 1.54) is 51.4 Å². The van der Waals surface area contributed by atoms with Crippen molar-refractivity contribution in [3.05, 3.63) is 42.4 Å². The van der Waals surface area contributed by atoms with Crippen molar-refractivity contribution in [3.8, 4) is 17.0 Å². The Kier molecular flexibility index (Phi) is 8.85. The third-order valence-corrected chi connectivity index (χ3v) is 6.33. The molecule has 3 rings (SSSR count). The Morgan fingerprint density at radius 2 is 1.67 bits per heavy atom. The smallest absolute Gasteiger partial charge is 0.314 e. The van der Waals surface area contributed by atoms with Gasteiger partial charge in [0.2, 0.25) is 0 Å². The van der Waals surface area contributed by atoms with Gasteiger partial charge in [-0.1, -0.05) is 52.4 Å². The van der Waals surface area contributed by atoms with E-state index in [-0.39, 0.29) is 11.9 Å². The lowest BCUT2D eigenvalue weighted by atomic mass is 9.80. The van der Waals surface area contributed by atoms with E-state index in [4.69, 9.17) is 4.74 Å². The van der Waals surface area contributed by atoms with Gasteiger partial charge < -0.3 is 4.74 Å². The highest BCUT2D eigenvalue weighted by molar-refractivity contribution is 5.75. The summed E-state index contributed by atoms with van der Waals surface area (Å²) < 4.78 is 5.67. The number of hydrogen-bond acceptors (Lipinski definition) is 4. The molecule has 0 aliphatic heterocycles. The standard InChI is InChI=1S/C26H36N2O2/c1-3-5-6-7-8-9-20-10-12-22(13-11-20)26(29)30-24-16-14-21(15-17-24)25-19-27-23(4-2)18-28-25/h14-20,22H,3-13H2,1-2H3. The summed E-state index contributed by atoms with van der Waals surface area (Å²) >= 11 is 0. The number of hydrogen-bond donors (Lipinski definition) is 0. The van der Waals surface area contributed by atoms with Crippen molar-refractivity contribution in [2.24, 2.45) is 11.8 Å². The summed E-state index contributed by atoms with van der Waals surface area (Å²) in [6.07, 6.45) is 16.8. The van der Waals surface area contributed by atoms with Gasteiger partial charge in [0.1, 0.15) is 5.75 Å². The van der Waals surface area contributed by atoms with Gasteiger partial charge in [-0.3, -0.25) is 14.8 Å². The van der Waals surface area contributed by atoms with Crippen LogP contribution in [0.3, 0.4) is 0 Å². The maximum atomic E-state index is 12.6. The van der Waals surface area contributed by atoms with Gasteiger partial charge in [-0.25, -0.2) is 0 Å². The maximum Gasteiger partial charge on any atom is 0.314 e. The Balaban J connectivity index is 1.42. The lowest BCUT2D eigenvalue weighted by molar-refractivity contribution is -0.140. The van der Waals surface area contributed by atoms with E-state index in [1.54, 1.807) is 6.20 Å². The van der Waals surface area contributed by atoms with Crippen LogP contribution < -0.4 is 4.74 Å². The number of nitrogens with zero attached hydrogens (tertiary/aromatic N) is 2. The quantitative estimate of drug-likeness (QED) is 0.247. The van der Waals surface area contributed by atoms with Gasteiger partial charge in [-0.15, -0.1) is 0 Å². The molecule has 30 heavy (non-hydrogen) atoms.